The first-order valence-corrected chi connectivity index (χ1v) is 6.09. The summed E-state index contributed by atoms with van der Waals surface area (Å²) in [6.45, 7) is 5.03. The third-order valence-corrected chi connectivity index (χ3v) is 3.54. The molecule has 1 aromatic rings. The fraction of sp³-hybridized carbons (Fsp3) is 0.538. The van der Waals surface area contributed by atoms with Gasteiger partial charge in [-0.2, -0.15) is 0 Å². The number of nitrogens with zero attached hydrogens (tertiary/aromatic N) is 1. The minimum Gasteiger partial charge on any atom is -0.494 e. The average Bonchev–Trinajstić information content (AvgIpc) is 2.92. The SMILES string of the molecule is CCOc1ccc(N2CC3C[C@H]2CN3)cc1. The van der Waals surface area contributed by atoms with Crippen molar-refractivity contribution in [1.82, 2.24) is 5.32 Å². The van der Waals surface area contributed by atoms with E-state index >= 15 is 0 Å². The van der Waals surface area contributed by atoms with Gasteiger partial charge in [0.15, 0.2) is 0 Å². The van der Waals surface area contributed by atoms with Gasteiger partial charge >= 0.3 is 0 Å². The number of nitrogens with one attached hydrogen (secondary N) is 1. The molecule has 3 heteroatoms. The van der Waals surface area contributed by atoms with Crippen molar-refractivity contribution >= 4 is 5.69 Å². The molecule has 0 saturated carbocycles. The number of benzene rings is 1. The summed E-state index contributed by atoms with van der Waals surface area (Å²) in [7, 11) is 0. The normalized spacial score (nSPS) is 27.4. The van der Waals surface area contributed by atoms with Gasteiger partial charge in [0.25, 0.3) is 0 Å². The topological polar surface area (TPSA) is 24.5 Å². The molecule has 0 spiro atoms. The Morgan fingerprint density at radius 1 is 1.38 bits per heavy atom. The van der Waals surface area contributed by atoms with Crippen LogP contribution in [0.4, 0.5) is 5.69 Å². The number of ether oxygens (including phenoxy) is 1. The Kier molecular flexibility index (Phi) is 2.48. The van der Waals surface area contributed by atoms with Crippen molar-refractivity contribution in [3.8, 4) is 5.75 Å². The van der Waals surface area contributed by atoms with Gasteiger partial charge < -0.3 is 15.0 Å². The third-order valence-electron chi connectivity index (χ3n) is 3.54. The van der Waals surface area contributed by atoms with Crippen LogP contribution in [0.15, 0.2) is 24.3 Å². The highest BCUT2D eigenvalue weighted by molar-refractivity contribution is 5.52. The van der Waals surface area contributed by atoms with Crippen LogP contribution in [0, 0.1) is 0 Å². The number of rotatable bonds is 3. The molecule has 2 aliphatic rings. The van der Waals surface area contributed by atoms with Crippen molar-refractivity contribution < 1.29 is 4.74 Å². The molecular weight excluding hydrogens is 200 g/mol. The second kappa shape index (κ2) is 3.98. The van der Waals surface area contributed by atoms with Crippen LogP contribution < -0.4 is 15.0 Å². The Morgan fingerprint density at radius 2 is 2.19 bits per heavy atom. The van der Waals surface area contributed by atoms with Crippen molar-refractivity contribution in [2.24, 2.45) is 0 Å². The molecule has 2 saturated heterocycles. The van der Waals surface area contributed by atoms with E-state index in [2.05, 4.69) is 34.5 Å². The minimum atomic E-state index is 0.697. The van der Waals surface area contributed by atoms with Crippen molar-refractivity contribution in [2.75, 3.05) is 24.6 Å². The molecule has 0 aromatic heterocycles. The summed E-state index contributed by atoms with van der Waals surface area (Å²) in [5.41, 5.74) is 1.33. The highest BCUT2D eigenvalue weighted by Gasteiger charge is 2.37. The smallest absolute Gasteiger partial charge is 0.119 e. The zero-order valence-corrected chi connectivity index (χ0v) is 9.65. The largest absolute Gasteiger partial charge is 0.494 e. The van der Waals surface area contributed by atoms with E-state index < -0.39 is 0 Å². The summed E-state index contributed by atoms with van der Waals surface area (Å²) < 4.78 is 5.45. The van der Waals surface area contributed by atoms with Crippen LogP contribution in [0.3, 0.4) is 0 Å². The molecule has 1 aromatic carbocycles. The molecule has 2 fully saturated rings. The zero-order chi connectivity index (χ0) is 11.0. The summed E-state index contributed by atoms with van der Waals surface area (Å²) in [6.07, 6.45) is 1.30. The van der Waals surface area contributed by atoms with E-state index in [0.717, 1.165) is 25.4 Å². The lowest BCUT2D eigenvalue weighted by Gasteiger charge is -2.29. The molecule has 16 heavy (non-hydrogen) atoms. The highest BCUT2D eigenvalue weighted by atomic mass is 16.5. The molecule has 0 aliphatic carbocycles. The third kappa shape index (κ3) is 1.65. The van der Waals surface area contributed by atoms with Crippen LogP contribution >= 0.6 is 0 Å². The lowest BCUT2D eigenvalue weighted by atomic mass is 10.2. The van der Waals surface area contributed by atoms with E-state index in [4.69, 9.17) is 4.74 Å². The first-order chi connectivity index (χ1) is 7.86. The molecule has 3 nitrogen and oxygen atoms in total. The van der Waals surface area contributed by atoms with E-state index in [-0.39, 0.29) is 0 Å². The minimum absolute atomic E-state index is 0.697. The number of fused-ring (bicyclic) bond motifs is 2. The van der Waals surface area contributed by atoms with Crippen LogP contribution in [0.5, 0.6) is 5.75 Å². The maximum Gasteiger partial charge on any atom is 0.119 e. The monoisotopic (exact) mass is 218 g/mol. The maximum atomic E-state index is 5.45. The molecule has 2 aliphatic heterocycles. The molecule has 86 valence electrons. The zero-order valence-electron chi connectivity index (χ0n) is 9.65. The first kappa shape index (κ1) is 9.97. The summed E-state index contributed by atoms with van der Waals surface area (Å²) in [5, 5.41) is 3.52. The van der Waals surface area contributed by atoms with Gasteiger partial charge in [-0.1, -0.05) is 0 Å². The quantitative estimate of drug-likeness (QED) is 0.834. The van der Waals surface area contributed by atoms with Gasteiger partial charge in [-0.25, -0.2) is 0 Å². The fourth-order valence-corrected chi connectivity index (χ4v) is 2.78. The van der Waals surface area contributed by atoms with Gasteiger partial charge in [0, 0.05) is 30.9 Å². The Hall–Kier alpha value is -1.22. The Balaban J connectivity index is 1.75. The first-order valence-electron chi connectivity index (χ1n) is 6.09. The standard InChI is InChI=1S/C13H18N2O/c1-2-16-13-5-3-11(4-6-13)15-9-10-7-12(15)8-14-10/h3-6,10,12,14H,2,7-9H2,1H3/t10?,12-/m0/s1. The summed E-state index contributed by atoms with van der Waals surface area (Å²) >= 11 is 0. The summed E-state index contributed by atoms with van der Waals surface area (Å²) in [6, 6.07) is 9.88. The number of hydrogen-bond acceptors (Lipinski definition) is 3. The average molecular weight is 218 g/mol. The molecule has 2 atom stereocenters. The Labute approximate surface area is 96.4 Å². The Morgan fingerprint density at radius 3 is 2.75 bits per heavy atom. The van der Waals surface area contributed by atoms with Crippen molar-refractivity contribution in [1.29, 1.82) is 0 Å². The van der Waals surface area contributed by atoms with E-state index in [1.807, 2.05) is 6.92 Å². The Bertz CT molecular complexity index is 363. The predicted molar refractivity (Wildman–Crippen MR) is 65.2 cm³/mol. The molecular formula is C13H18N2O. The summed E-state index contributed by atoms with van der Waals surface area (Å²) in [5.74, 6) is 0.966. The van der Waals surface area contributed by atoms with Crippen molar-refractivity contribution in [3.63, 3.8) is 0 Å². The van der Waals surface area contributed by atoms with E-state index in [1.54, 1.807) is 0 Å². The highest BCUT2D eigenvalue weighted by Crippen LogP contribution is 2.30. The second-order valence-electron chi connectivity index (χ2n) is 4.57. The van der Waals surface area contributed by atoms with Gasteiger partial charge in [-0.05, 0) is 37.6 Å². The van der Waals surface area contributed by atoms with Crippen LogP contribution in [-0.2, 0) is 0 Å². The van der Waals surface area contributed by atoms with Crippen molar-refractivity contribution in [3.05, 3.63) is 24.3 Å². The van der Waals surface area contributed by atoms with Gasteiger partial charge in [0.05, 0.1) is 6.61 Å². The van der Waals surface area contributed by atoms with Gasteiger partial charge in [-0.3, -0.25) is 0 Å². The molecule has 1 N–H and O–H groups in total. The number of piperazine rings is 1. The van der Waals surface area contributed by atoms with Gasteiger partial charge in [0.2, 0.25) is 0 Å². The van der Waals surface area contributed by atoms with Crippen LogP contribution in [0.1, 0.15) is 13.3 Å². The molecule has 2 bridgehead atoms. The molecule has 0 amide bonds. The maximum absolute atomic E-state index is 5.45. The van der Waals surface area contributed by atoms with E-state index in [0.29, 0.717) is 12.1 Å². The molecule has 1 unspecified atom stereocenters. The lowest BCUT2D eigenvalue weighted by molar-refractivity contribution is 0.340. The molecule has 0 radical (unpaired) electrons. The van der Waals surface area contributed by atoms with Crippen LogP contribution in [0.2, 0.25) is 0 Å². The fourth-order valence-electron chi connectivity index (χ4n) is 2.78. The van der Waals surface area contributed by atoms with E-state index in [1.165, 1.54) is 12.1 Å². The van der Waals surface area contributed by atoms with Crippen LogP contribution in [-0.4, -0.2) is 31.8 Å². The van der Waals surface area contributed by atoms with Gasteiger partial charge in [0.1, 0.15) is 5.75 Å². The number of hydrogen-bond donors (Lipinski definition) is 1. The van der Waals surface area contributed by atoms with Crippen LogP contribution in [0.25, 0.3) is 0 Å². The lowest BCUT2D eigenvalue weighted by Crippen LogP contribution is -2.43. The van der Waals surface area contributed by atoms with Gasteiger partial charge in [-0.15, -0.1) is 0 Å². The summed E-state index contributed by atoms with van der Waals surface area (Å²) in [4.78, 5) is 2.51. The molecule has 2 heterocycles. The molecule has 3 rings (SSSR count). The van der Waals surface area contributed by atoms with E-state index in [9.17, 15) is 0 Å². The predicted octanol–water partition coefficient (Wildman–Crippen LogP) is 1.64. The second-order valence-corrected chi connectivity index (χ2v) is 4.57. The number of anilines is 1. The van der Waals surface area contributed by atoms with Crippen molar-refractivity contribution in [2.45, 2.75) is 25.4 Å².